The largest absolute Gasteiger partial charge is 0.316 e. The molecule has 3 heteroatoms. The van der Waals surface area contributed by atoms with Crippen LogP contribution in [0.25, 0.3) is 0 Å². The molecule has 0 radical (unpaired) electrons. The van der Waals surface area contributed by atoms with E-state index in [-0.39, 0.29) is 5.91 Å². The molecule has 1 fully saturated rings. The Kier molecular flexibility index (Phi) is 4.37. The number of nitrogens with one attached hydrogen (secondary N) is 1. The third-order valence-corrected chi connectivity index (χ3v) is 3.66. The highest BCUT2D eigenvalue weighted by atomic mass is 16.2. The van der Waals surface area contributed by atoms with Crippen LogP contribution in [0.2, 0.25) is 0 Å². The maximum Gasteiger partial charge on any atom is 0.227 e. The number of amides is 1. The normalized spacial score (nSPS) is 19.6. The van der Waals surface area contributed by atoms with Crippen LogP contribution in [0.3, 0.4) is 0 Å². The SMILES string of the molecule is Cc1ccc(N(C)C(=O)CC2CCCNC2)cc1. The summed E-state index contributed by atoms with van der Waals surface area (Å²) in [6.45, 7) is 4.13. The molecule has 1 amide bonds. The average Bonchev–Trinajstić information content (AvgIpc) is 2.40. The maximum absolute atomic E-state index is 12.2. The topological polar surface area (TPSA) is 32.3 Å². The number of hydrogen-bond acceptors (Lipinski definition) is 2. The van der Waals surface area contributed by atoms with Crippen LogP contribution in [0.5, 0.6) is 0 Å². The molecule has 18 heavy (non-hydrogen) atoms. The van der Waals surface area contributed by atoms with E-state index in [2.05, 4.69) is 12.2 Å². The van der Waals surface area contributed by atoms with Crippen molar-refractivity contribution in [3.63, 3.8) is 0 Å². The second-order valence-corrected chi connectivity index (χ2v) is 5.20. The number of carbonyl (C=O) groups excluding carboxylic acids is 1. The lowest BCUT2D eigenvalue weighted by molar-refractivity contribution is -0.119. The molecule has 3 nitrogen and oxygen atoms in total. The van der Waals surface area contributed by atoms with Gasteiger partial charge in [0.1, 0.15) is 0 Å². The first-order valence-electron chi connectivity index (χ1n) is 6.71. The van der Waals surface area contributed by atoms with Gasteiger partial charge in [0.25, 0.3) is 0 Å². The molecule has 1 aliphatic rings. The number of nitrogens with zero attached hydrogens (tertiary/aromatic N) is 1. The van der Waals surface area contributed by atoms with Crippen molar-refractivity contribution in [2.75, 3.05) is 25.0 Å². The van der Waals surface area contributed by atoms with Crippen LogP contribution in [-0.2, 0) is 4.79 Å². The fourth-order valence-corrected chi connectivity index (χ4v) is 2.39. The molecule has 0 aliphatic carbocycles. The van der Waals surface area contributed by atoms with Crippen molar-refractivity contribution in [3.8, 4) is 0 Å². The van der Waals surface area contributed by atoms with Crippen molar-refractivity contribution in [2.24, 2.45) is 5.92 Å². The number of rotatable bonds is 3. The Morgan fingerprint density at radius 2 is 2.11 bits per heavy atom. The van der Waals surface area contributed by atoms with Crippen LogP contribution < -0.4 is 10.2 Å². The van der Waals surface area contributed by atoms with Crippen molar-refractivity contribution in [1.29, 1.82) is 0 Å². The molecule has 1 aromatic carbocycles. The van der Waals surface area contributed by atoms with E-state index < -0.39 is 0 Å². The molecule has 1 unspecified atom stereocenters. The summed E-state index contributed by atoms with van der Waals surface area (Å²) in [4.78, 5) is 14.0. The second-order valence-electron chi connectivity index (χ2n) is 5.20. The summed E-state index contributed by atoms with van der Waals surface area (Å²) in [6.07, 6.45) is 3.00. The van der Waals surface area contributed by atoms with Gasteiger partial charge in [-0.1, -0.05) is 17.7 Å². The third kappa shape index (κ3) is 3.33. The lowest BCUT2D eigenvalue weighted by Gasteiger charge is -2.25. The van der Waals surface area contributed by atoms with Crippen molar-refractivity contribution >= 4 is 11.6 Å². The summed E-state index contributed by atoms with van der Waals surface area (Å²) < 4.78 is 0. The molecule has 1 aromatic rings. The smallest absolute Gasteiger partial charge is 0.227 e. The Labute approximate surface area is 109 Å². The highest BCUT2D eigenvalue weighted by Crippen LogP contribution is 2.19. The summed E-state index contributed by atoms with van der Waals surface area (Å²) in [7, 11) is 1.86. The lowest BCUT2D eigenvalue weighted by atomic mass is 9.95. The van der Waals surface area contributed by atoms with Crippen molar-refractivity contribution in [2.45, 2.75) is 26.2 Å². The second kappa shape index (κ2) is 6.01. The quantitative estimate of drug-likeness (QED) is 0.888. The van der Waals surface area contributed by atoms with Crippen LogP contribution in [0.15, 0.2) is 24.3 Å². The molecule has 1 N–H and O–H groups in total. The van der Waals surface area contributed by atoms with Gasteiger partial charge in [-0.2, -0.15) is 0 Å². The minimum atomic E-state index is 0.215. The van der Waals surface area contributed by atoms with Gasteiger partial charge in [0, 0.05) is 19.2 Å². The Morgan fingerprint density at radius 3 is 2.72 bits per heavy atom. The van der Waals surface area contributed by atoms with E-state index in [0.29, 0.717) is 12.3 Å². The number of piperidine rings is 1. The van der Waals surface area contributed by atoms with Gasteiger partial charge < -0.3 is 10.2 Å². The van der Waals surface area contributed by atoms with Crippen molar-refractivity contribution in [1.82, 2.24) is 5.32 Å². The Morgan fingerprint density at radius 1 is 1.39 bits per heavy atom. The summed E-state index contributed by atoms with van der Waals surface area (Å²) in [5, 5.41) is 3.36. The summed E-state index contributed by atoms with van der Waals surface area (Å²) in [6, 6.07) is 8.10. The average molecular weight is 246 g/mol. The molecule has 0 aromatic heterocycles. The van der Waals surface area contributed by atoms with Crippen LogP contribution in [0.4, 0.5) is 5.69 Å². The van der Waals surface area contributed by atoms with Gasteiger partial charge in [-0.15, -0.1) is 0 Å². The standard InChI is InChI=1S/C15H22N2O/c1-12-5-7-14(8-6-12)17(2)15(18)10-13-4-3-9-16-11-13/h5-8,13,16H,3-4,9-11H2,1-2H3. The van der Waals surface area contributed by atoms with E-state index in [9.17, 15) is 4.79 Å². The third-order valence-electron chi connectivity index (χ3n) is 3.66. The predicted octanol–water partition coefficient (Wildman–Crippen LogP) is 2.35. The van der Waals surface area contributed by atoms with Gasteiger partial charge in [-0.05, 0) is 50.9 Å². The number of anilines is 1. The van der Waals surface area contributed by atoms with E-state index in [1.165, 1.54) is 18.4 Å². The molecule has 0 spiro atoms. The molecule has 1 heterocycles. The molecular weight excluding hydrogens is 224 g/mol. The molecule has 2 rings (SSSR count). The van der Waals surface area contributed by atoms with Gasteiger partial charge in [0.2, 0.25) is 5.91 Å². The number of aryl methyl sites for hydroxylation is 1. The first-order valence-corrected chi connectivity index (χ1v) is 6.71. The van der Waals surface area contributed by atoms with Crippen LogP contribution in [0.1, 0.15) is 24.8 Å². The van der Waals surface area contributed by atoms with Crippen molar-refractivity contribution < 1.29 is 4.79 Å². The number of benzene rings is 1. The lowest BCUT2D eigenvalue weighted by Crippen LogP contribution is -2.35. The molecule has 0 saturated carbocycles. The zero-order chi connectivity index (χ0) is 13.0. The van der Waals surface area contributed by atoms with E-state index in [1.807, 2.05) is 31.3 Å². The first kappa shape index (κ1) is 13.1. The summed E-state index contributed by atoms with van der Waals surface area (Å²) in [5.41, 5.74) is 2.20. The fourth-order valence-electron chi connectivity index (χ4n) is 2.39. The van der Waals surface area contributed by atoms with E-state index >= 15 is 0 Å². The molecule has 1 saturated heterocycles. The maximum atomic E-state index is 12.2. The molecule has 0 bridgehead atoms. The number of carbonyl (C=O) groups is 1. The molecule has 1 aliphatic heterocycles. The Hall–Kier alpha value is -1.35. The van der Waals surface area contributed by atoms with Gasteiger partial charge in [0.15, 0.2) is 0 Å². The van der Waals surface area contributed by atoms with E-state index in [4.69, 9.17) is 0 Å². The molecular formula is C15H22N2O. The minimum absolute atomic E-state index is 0.215. The summed E-state index contributed by atoms with van der Waals surface area (Å²) in [5.74, 6) is 0.715. The van der Waals surface area contributed by atoms with Gasteiger partial charge in [-0.3, -0.25) is 4.79 Å². The van der Waals surface area contributed by atoms with Crippen LogP contribution in [-0.4, -0.2) is 26.0 Å². The minimum Gasteiger partial charge on any atom is -0.316 e. The predicted molar refractivity (Wildman–Crippen MR) is 74.8 cm³/mol. The highest BCUT2D eigenvalue weighted by molar-refractivity contribution is 5.92. The highest BCUT2D eigenvalue weighted by Gasteiger charge is 2.19. The van der Waals surface area contributed by atoms with E-state index in [0.717, 1.165) is 18.8 Å². The monoisotopic (exact) mass is 246 g/mol. The van der Waals surface area contributed by atoms with Gasteiger partial charge >= 0.3 is 0 Å². The Balaban J connectivity index is 1.93. The Bertz CT molecular complexity index is 393. The van der Waals surface area contributed by atoms with Gasteiger partial charge in [0.05, 0.1) is 0 Å². The first-order chi connectivity index (χ1) is 8.66. The van der Waals surface area contributed by atoms with Crippen LogP contribution >= 0.6 is 0 Å². The summed E-state index contributed by atoms with van der Waals surface area (Å²) >= 11 is 0. The zero-order valence-electron chi connectivity index (χ0n) is 11.3. The van der Waals surface area contributed by atoms with E-state index in [1.54, 1.807) is 4.90 Å². The fraction of sp³-hybridized carbons (Fsp3) is 0.533. The molecule has 1 atom stereocenters. The van der Waals surface area contributed by atoms with Gasteiger partial charge in [-0.25, -0.2) is 0 Å². The van der Waals surface area contributed by atoms with Crippen LogP contribution in [0, 0.1) is 12.8 Å². The van der Waals surface area contributed by atoms with Crippen molar-refractivity contribution in [3.05, 3.63) is 29.8 Å². The number of hydrogen-bond donors (Lipinski definition) is 1. The molecule has 98 valence electrons. The zero-order valence-corrected chi connectivity index (χ0v) is 11.3.